The fourth-order valence-corrected chi connectivity index (χ4v) is 9.75. The third-order valence-corrected chi connectivity index (χ3v) is 11.5. The average molecular weight is 448 g/mol. The third-order valence-electron chi connectivity index (χ3n) is 4.46. The van der Waals surface area contributed by atoms with Gasteiger partial charge in [-0.15, -0.1) is 24.8 Å². The molecule has 1 atom stereocenters. The molecular formula is C18H25Cl2OSiZr. The van der Waals surface area contributed by atoms with Gasteiger partial charge in [-0.2, -0.15) is 0 Å². The summed E-state index contributed by atoms with van der Waals surface area (Å²) in [6, 6.07) is 8.73. The second kappa shape index (κ2) is 8.45. The third kappa shape index (κ3) is 4.19. The van der Waals surface area contributed by atoms with E-state index in [0.29, 0.717) is 5.92 Å². The number of rotatable bonds is 4. The molecule has 0 heterocycles. The van der Waals surface area contributed by atoms with Gasteiger partial charge < -0.3 is 0 Å². The molecule has 0 bridgehead atoms. The van der Waals surface area contributed by atoms with Crippen LogP contribution in [0.15, 0.2) is 51.3 Å². The van der Waals surface area contributed by atoms with Gasteiger partial charge in [0, 0.05) is 0 Å². The van der Waals surface area contributed by atoms with E-state index >= 15 is 0 Å². The Kier molecular flexibility index (Phi) is 7.76. The van der Waals surface area contributed by atoms with Gasteiger partial charge in [0.15, 0.2) is 0 Å². The van der Waals surface area contributed by atoms with Crippen LogP contribution in [0.25, 0.3) is 5.57 Å². The van der Waals surface area contributed by atoms with Crippen LogP contribution >= 0.6 is 24.8 Å². The predicted molar refractivity (Wildman–Crippen MR) is 104 cm³/mol. The monoisotopic (exact) mass is 445 g/mol. The molecule has 0 radical (unpaired) electrons. The molecule has 0 fully saturated rings. The molecule has 0 saturated carbocycles. The summed E-state index contributed by atoms with van der Waals surface area (Å²) in [5.74, 6) is 0.438. The van der Waals surface area contributed by atoms with Crippen molar-refractivity contribution in [2.24, 2.45) is 0 Å². The Hall–Kier alpha value is 0.0800. The van der Waals surface area contributed by atoms with E-state index < -0.39 is 18.9 Å². The standard InChI is InChI=1S/C16H15O.2CH3.2ClH.H2Si.Zr/c17-10-9-13-11-16(12-5-1-2-6-12)15-8-4-3-7-14(13)15;;;;;;/h1-4,7-8,11,16-17H,5,9-10H2;2*1H3;2*1H;1H2;. The number of fused-ring (bicyclic) bond motifs is 1. The van der Waals surface area contributed by atoms with Crippen LogP contribution in [0.4, 0.5) is 0 Å². The minimum absolute atomic E-state index is 0. The first-order valence-corrected chi connectivity index (χ1v) is 19.8. The number of aliphatic hydroxyl groups excluding tert-OH is 1. The molecule has 1 aromatic carbocycles. The topological polar surface area (TPSA) is 20.2 Å². The van der Waals surface area contributed by atoms with Crippen molar-refractivity contribution in [1.29, 1.82) is 0 Å². The van der Waals surface area contributed by atoms with Crippen LogP contribution in [0.2, 0.25) is 9.26 Å². The molecule has 1 aromatic rings. The number of aliphatic hydroxyl groups is 1. The van der Waals surface area contributed by atoms with Crippen LogP contribution in [-0.2, 0) is 18.9 Å². The Morgan fingerprint density at radius 3 is 2.57 bits per heavy atom. The molecule has 1 N–H and O–H groups in total. The van der Waals surface area contributed by atoms with Gasteiger partial charge in [0.1, 0.15) is 0 Å². The number of halogens is 2. The maximum absolute atomic E-state index is 9.33. The Bertz CT molecular complexity index is 715. The molecule has 2 aliphatic carbocycles. The molecule has 0 aliphatic heterocycles. The van der Waals surface area contributed by atoms with Crippen LogP contribution in [0.1, 0.15) is 29.9 Å². The normalized spacial score (nSPS) is 19.1. The van der Waals surface area contributed by atoms with E-state index in [4.69, 9.17) is 0 Å². The summed E-state index contributed by atoms with van der Waals surface area (Å²) in [7, 11) is 0. The Morgan fingerprint density at radius 1 is 1.22 bits per heavy atom. The molecule has 125 valence electrons. The van der Waals surface area contributed by atoms with E-state index in [1.807, 2.05) is 0 Å². The minimum atomic E-state index is -2.04. The zero-order valence-electron chi connectivity index (χ0n) is 13.7. The summed E-state index contributed by atoms with van der Waals surface area (Å²) in [5.41, 5.74) is 5.74. The van der Waals surface area contributed by atoms with E-state index in [1.54, 1.807) is 8.85 Å². The molecule has 0 saturated heterocycles. The summed E-state index contributed by atoms with van der Waals surface area (Å²) in [6.07, 6.45) is 9.03. The second-order valence-corrected chi connectivity index (χ2v) is 27.7. The van der Waals surface area contributed by atoms with Crippen LogP contribution < -0.4 is 0 Å². The van der Waals surface area contributed by atoms with Crippen LogP contribution in [0.3, 0.4) is 0 Å². The summed E-state index contributed by atoms with van der Waals surface area (Å²) >= 11 is -2.04. The van der Waals surface area contributed by atoms with Crippen molar-refractivity contribution < 1.29 is 24.0 Å². The van der Waals surface area contributed by atoms with Gasteiger partial charge in [0.05, 0.1) is 0 Å². The molecule has 3 rings (SSSR count). The van der Waals surface area contributed by atoms with Gasteiger partial charge in [0.2, 0.25) is 0 Å². The molecule has 23 heavy (non-hydrogen) atoms. The zero-order chi connectivity index (χ0) is 15.0. The summed E-state index contributed by atoms with van der Waals surface area (Å²) < 4.78 is 6.72. The van der Waals surface area contributed by atoms with Gasteiger partial charge in [-0.25, -0.2) is 0 Å². The number of benzene rings is 1. The van der Waals surface area contributed by atoms with Crippen molar-refractivity contribution in [3.8, 4) is 0 Å². The van der Waals surface area contributed by atoms with E-state index in [-0.39, 0.29) is 31.4 Å². The van der Waals surface area contributed by atoms with Crippen molar-refractivity contribution >= 4 is 37.3 Å². The molecule has 2 aliphatic rings. The van der Waals surface area contributed by atoms with Crippen molar-refractivity contribution in [2.45, 2.75) is 28.0 Å². The van der Waals surface area contributed by atoms with Crippen LogP contribution in [0, 0.1) is 0 Å². The summed E-state index contributed by atoms with van der Waals surface area (Å²) in [5, 5.41) is 9.33. The van der Waals surface area contributed by atoms with Crippen molar-refractivity contribution in [3.05, 3.63) is 62.5 Å². The SMILES string of the molecule is Cl.Cl.[CH3][Zr]([CH3])(=[SiH2])[C]1=C(C2C=C(CCO)c3ccccc32)CC=C1. The first kappa shape index (κ1) is 21.1. The fraction of sp³-hybridized carbons (Fsp3) is 0.333. The van der Waals surface area contributed by atoms with Crippen LogP contribution in [-0.4, -0.2) is 18.6 Å². The zero-order valence-corrected chi connectivity index (χ0v) is 19.2. The van der Waals surface area contributed by atoms with E-state index in [1.165, 1.54) is 16.7 Å². The van der Waals surface area contributed by atoms with Crippen molar-refractivity contribution in [1.82, 2.24) is 0 Å². The van der Waals surface area contributed by atoms with Gasteiger partial charge in [-0.3, -0.25) is 0 Å². The van der Waals surface area contributed by atoms with E-state index in [2.05, 4.69) is 58.6 Å². The Morgan fingerprint density at radius 2 is 1.91 bits per heavy atom. The maximum atomic E-state index is 9.33. The van der Waals surface area contributed by atoms with Gasteiger partial charge in [-0.05, 0) is 0 Å². The first-order valence-electron chi connectivity index (χ1n) is 7.68. The average Bonchev–Trinajstić information content (AvgIpc) is 3.03. The summed E-state index contributed by atoms with van der Waals surface area (Å²) in [6.45, 7) is 2.51. The number of hydrogen-bond acceptors (Lipinski definition) is 1. The van der Waals surface area contributed by atoms with E-state index in [0.717, 1.165) is 12.8 Å². The first-order chi connectivity index (χ1) is 10.0. The fourth-order valence-electron chi connectivity index (χ4n) is 3.54. The van der Waals surface area contributed by atoms with Crippen LogP contribution in [0.5, 0.6) is 0 Å². The molecule has 5 heteroatoms. The van der Waals surface area contributed by atoms with Crippen molar-refractivity contribution in [3.63, 3.8) is 0 Å². The van der Waals surface area contributed by atoms with Gasteiger partial charge in [0.25, 0.3) is 0 Å². The van der Waals surface area contributed by atoms with Gasteiger partial charge in [-0.1, -0.05) is 0 Å². The molecule has 1 unspecified atom stereocenters. The number of allylic oxidation sites excluding steroid dienone is 5. The Balaban J connectivity index is 0.00000132. The Labute approximate surface area is 157 Å². The number of hydrogen-bond donors (Lipinski definition) is 1. The second-order valence-electron chi connectivity index (χ2n) is 6.66. The predicted octanol–water partition coefficient (Wildman–Crippen LogP) is 4.41. The van der Waals surface area contributed by atoms with Gasteiger partial charge >= 0.3 is 134 Å². The molecule has 0 amide bonds. The molecule has 0 spiro atoms. The van der Waals surface area contributed by atoms with Crippen molar-refractivity contribution in [2.75, 3.05) is 6.61 Å². The summed E-state index contributed by atoms with van der Waals surface area (Å²) in [4.78, 5) is 0. The molecular weight excluding hydrogens is 422 g/mol. The molecule has 1 nitrogen and oxygen atoms in total. The molecule has 0 aromatic heterocycles. The van der Waals surface area contributed by atoms with E-state index in [9.17, 15) is 5.11 Å². The quantitative estimate of drug-likeness (QED) is 0.678.